The van der Waals surface area contributed by atoms with Gasteiger partial charge in [0.15, 0.2) is 0 Å². The van der Waals surface area contributed by atoms with Crippen LogP contribution in [0.1, 0.15) is 11.1 Å². The van der Waals surface area contributed by atoms with Crippen molar-refractivity contribution in [3.63, 3.8) is 0 Å². The van der Waals surface area contributed by atoms with Crippen LogP contribution in [0.5, 0.6) is 0 Å². The van der Waals surface area contributed by atoms with Crippen molar-refractivity contribution < 1.29 is 9.53 Å². The quantitative estimate of drug-likeness (QED) is 0.746. The van der Waals surface area contributed by atoms with Crippen LogP contribution in [0.15, 0.2) is 48.8 Å². The number of aromatic nitrogens is 3. The van der Waals surface area contributed by atoms with Gasteiger partial charge < -0.3 is 4.74 Å². The molecule has 122 valence electrons. The molecule has 0 bridgehead atoms. The molecule has 2 heterocycles. The Labute approximate surface area is 143 Å². The average molecular weight is 340 g/mol. The number of anilines is 1. The van der Waals surface area contributed by atoms with Crippen LogP contribution >= 0.6 is 11.3 Å². The number of hydrogen-bond donors (Lipinski definition) is 1. The third-order valence-corrected chi connectivity index (χ3v) is 4.24. The normalized spacial score (nSPS) is 10.5. The molecule has 3 aromatic rings. The third-order valence-electron chi connectivity index (χ3n) is 3.35. The van der Waals surface area contributed by atoms with Crippen LogP contribution in [-0.4, -0.2) is 27.7 Å². The van der Waals surface area contributed by atoms with Gasteiger partial charge in [0.1, 0.15) is 11.6 Å². The van der Waals surface area contributed by atoms with Crippen molar-refractivity contribution in [1.82, 2.24) is 15.2 Å². The molecule has 0 atom stereocenters. The Morgan fingerprint density at radius 2 is 1.96 bits per heavy atom. The Hall–Kier alpha value is -2.64. The first kappa shape index (κ1) is 16.2. The molecule has 24 heavy (non-hydrogen) atoms. The smallest absolute Gasteiger partial charge is 0.252 e. The first-order chi connectivity index (χ1) is 11.7. The van der Waals surface area contributed by atoms with Gasteiger partial charge in [-0.3, -0.25) is 15.1 Å². The van der Waals surface area contributed by atoms with Crippen molar-refractivity contribution >= 4 is 22.4 Å². The molecule has 0 aliphatic rings. The topological polar surface area (TPSA) is 77.0 Å². The second-order valence-electron chi connectivity index (χ2n) is 5.12. The van der Waals surface area contributed by atoms with Gasteiger partial charge in [0, 0.05) is 18.0 Å². The number of benzene rings is 1. The van der Waals surface area contributed by atoms with Crippen LogP contribution in [0.4, 0.5) is 5.13 Å². The summed E-state index contributed by atoms with van der Waals surface area (Å²) in [4.78, 5) is 15.9. The van der Waals surface area contributed by atoms with Crippen molar-refractivity contribution in [2.24, 2.45) is 0 Å². The number of nitrogens with zero attached hydrogens (tertiary/aromatic N) is 3. The maximum absolute atomic E-state index is 11.9. The zero-order valence-electron chi connectivity index (χ0n) is 13.1. The summed E-state index contributed by atoms with van der Waals surface area (Å²) in [6.45, 7) is 2.39. The highest BCUT2D eigenvalue weighted by Crippen LogP contribution is 2.25. The predicted molar refractivity (Wildman–Crippen MR) is 92.6 cm³/mol. The van der Waals surface area contributed by atoms with E-state index in [4.69, 9.17) is 4.74 Å². The molecule has 1 N–H and O–H groups in total. The summed E-state index contributed by atoms with van der Waals surface area (Å²) in [5.41, 5.74) is 3.13. The first-order valence-corrected chi connectivity index (χ1v) is 8.20. The second kappa shape index (κ2) is 7.76. The fourth-order valence-corrected chi connectivity index (χ4v) is 2.83. The summed E-state index contributed by atoms with van der Waals surface area (Å²) >= 11 is 1.31. The van der Waals surface area contributed by atoms with E-state index in [1.807, 2.05) is 43.3 Å². The molecular formula is C17H16N4O2S. The summed E-state index contributed by atoms with van der Waals surface area (Å²) < 4.78 is 5.46. The second-order valence-corrected chi connectivity index (χ2v) is 6.09. The van der Waals surface area contributed by atoms with E-state index in [1.54, 1.807) is 12.4 Å². The molecule has 0 unspecified atom stereocenters. The van der Waals surface area contributed by atoms with Gasteiger partial charge in [0.05, 0.1) is 6.61 Å². The molecule has 0 saturated carbocycles. The molecule has 3 rings (SSSR count). The summed E-state index contributed by atoms with van der Waals surface area (Å²) in [5, 5.41) is 11.9. The lowest BCUT2D eigenvalue weighted by atomic mass is 10.1. The number of pyridine rings is 1. The number of hydrogen-bond acceptors (Lipinski definition) is 6. The summed E-state index contributed by atoms with van der Waals surface area (Å²) in [6.07, 6.45) is 3.38. The van der Waals surface area contributed by atoms with E-state index in [-0.39, 0.29) is 12.5 Å². The zero-order chi connectivity index (χ0) is 16.8. The van der Waals surface area contributed by atoms with Gasteiger partial charge in [0.25, 0.3) is 5.91 Å². The molecule has 0 saturated heterocycles. The van der Waals surface area contributed by atoms with Gasteiger partial charge in [0.2, 0.25) is 5.13 Å². The largest absolute Gasteiger partial charge is 0.367 e. The fraction of sp³-hybridized carbons (Fsp3) is 0.176. The lowest BCUT2D eigenvalue weighted by Gasteiger charge is -2.06. The van der Waals surface area contributed by atoms with Gasteiger partial charge in [-0.15, -0.1) is 10.2 Å². The average Bonchev–Trinajstić information content (AvgIpc) is 3.06. The number of nitrogens with one attached hydrogen (secondary N) is 1. The van der Waals surface area contributed by atoms with E-state index in [0.29, 0.717) is 11.7 Å². The lowest BCUT2D eigenvalue weighted by Crippen LogP contribution is -2.18. The van der Waals surface area contributed by atoms with Crippen LogP contribution in [0.25, 0.3) is 10.6 Å². The molecule has 2 aromatic heterocycles. The fourth-order valence-electron chi connectivity index (χ4n) is 2.07. The van der Waals surface area contributed by atoms with E-state index in [1.165, 1.54) is 11.3 Å². The van der Waals surface area contributed by atoms with Crippen LogP contribution in [-0.2, 0) is 16.1 Å². The van der Waals surface area contributed by atoms with Crippen LogP contribution in [0, 0.1) is 6.92 Å². The molecule has 6 nitrogen and oxygen atoms in total. The zero-order valence-corrected chi connectivity index (χ0v) is 13.9. The van der Waals surface area contributed by atoms with Crippen molar-refractivity contribution in [2.75, 3.05) is 11.9 Å². The summed E-state index contributed by atoms with van der Waals surface area (Å²) in [5.74, 6) is -0.249. The highest BCUT2D eigenvalue weighted by atomic mass is 32.1. The van der Waals surface area contributed by atoms with E-state index >= 15 is 0 Å². The van der Waals surface area contributed by atoms with E-state index in [9.17, 15) is 4.79 Å². The van der Waals surface area contributed by atoms with Gasteiger partial charge in [-0.05, 0) is 30.2 Å². The molecular weight excluding hydrogens is 324 g/mol. The minimum atomic E-state index is -0.249. The standard InChI is InChI=1S/C17H16N4O2S/c1-12-4-2-3-5-14(12)10-23-11-15(22)19-17-21-20-16(24-17)13-6-8-18-9-7-13/h2-9H,10-11H2,1H3,(H,19,21,22). The van der Waals surface area contributed by atoms with Crippen LogP contribution in [0.3, 0.4) is 0 Å². The SMILES string of the molecule is Cc1ccccc1COCC(=O)Nc1nnc(-c2ccncc2)s1. The number of rotatable bonds is 6. The molecule has 0 spiro atoms. The Bertz CT molecular complexity index is 820. The predicted octanol–water partition coefficient (Wildman–Crippen LogP) is 3.06. The number of aryl methyl sites for hydroxylation is 1. The Balaban J connectivity index is 1.51. The molecule has 0 aliphatic carbocycles. The van der Waals surface area contributed by atoms with Gasteiger partial charge in [-0.25, -0.2) is 0 Å². The highest BCUT2D eigenvalue weighted by Gasteiger charge is 2.10. The number of carbonyl (C=O) groups excluding carboxylic acids is 1. The third kappa shape index (κ3) is 4.21. The van der Waals surface area contributed by atoms with Gasteiger partial charge in [-0.2, -0.15) is 0 Å². The van der Waals surface area contributed by atoms with Crippen LogP contribution < -0.4 is 5.32 Å². The van der Waals surface area contributed by atoms with Gasteiger partial charge in [-0.1, -0.05) is 35.6 Å². The molecule has 7 heteroatoms. The Kier molecular flexibility index (Phi) is 5.25. The van der Waals surface area contributed by atoms with Crippen molar-refractivity contribution in [3.05, 3.63) is 59.9 Å². The monoisotopic (exact) mass is 340 g/mol. The van der Waals surface area contributed by atoms with E-state index in [0.717, 1.165) is 21.7 Å². The molecule has 0 fully saturated rings. The summed E-state index contributed by atoms with van der Waals surface area (Å²) in [6, 6.07) is 11.6. The number of carbonyl (C=O) groups is 1. The van der Waals surface area contributed by atoms with E-state index in [2.05, 4.69) is 20.5 Å². The maximum atomic E-state index is 11.9. The Morgan fingerprint density at radius 1 is 1.17 bits per heavy atom. The minimum Gasteiger partial charge on any atom is -0.367 e. The van der Waals surface area contributed by atoms with E-state index < -0.39 is 0 Å². The molecule has 1 aromatic carbocycles. The molecule has 0 aliphatic heterocycles. The summed E-state index contributed by atoms with van der Waals surface area (Å²) in [7, 11) is 0. The van der Waals surface area contributed by atoms with Crippen molar-refractivity contribution in [2.45, 2.75) is 13.5 Å². The van der Waals surface area contributed by atoms with Crippen LogP contribution in [0.2, 0.25) is 0 Å². The van der Waals surface area contributed by atoms with Crippen molar-refractivity contribution in [1.29, 1.82) is 0 Å². The van der Waals surface area contributed by atoms with Crippen molar-refractivity contribution in [3.8, 4) is 10.6 Å². The molecule has 0 radical (unpaired) electrons. The van der Waals surface area contributed by atoms with Gasteiger partial charge >= 0.3 is 0 Å². The number of amides is 1. The highest BCUT2D eigenvalue weighted by molar-refractivity contribution is 7.18. The Morgan fingerprint density at radius 3 is 2.75 bits per heavy atom. The first-order valence-electron chi connectivity index (χ1n) is 7.38. The number of ether oxygens (including phenoxy) is 1. The maximum Gasteiger partial charge on any atom is 0.252 e. The molecule has 1 amide bonds. The lowest BCUT2D eigenvalue weighted by molar-refractivity contribution is -0.121. The minimum absolute atomic E-state index is 0.0293.